The summed E-state index contributed by atoms with van der Waals surface area (Å²) in [4.78, 5) is 0. The molecular formula is C14H16BrNOS. The van der Waals surface area contributed by atoms with E-state index >= 15 is 0 Å². The van der Waals surface area contributed by atoms with Gasteiger partial charge in [0.2, 0.25) is 0 Å². The summed E-state index contributed by atoms with van der Waals surface area (Å²) in [7, 11) is 0. The third-order valence-corrected chi connectivity index (χ3v) is 4.22. The lowest BCUT2D eigenvalue weighted by atomic mass is 10.1. The largest absolute Gasteiger partial charge is 0.396 e. The summed E-state index contributed by atoms with van der Waals surface area (Å²) in [6.45, 7) is 1.09. The van der Waals surface area contributed by atoms with Crippen LogP contribution in [0.5, 0.6) is 0 Å². The predicted molar refractivity (Wildman–Crippen MR) is 81.2 cm³/mol. The summed E-state index contributed by atoms with van der Waals surface area (Å²) >= 11 is 5.17. The van der Waals surface area contributed by atoms with Crippen LogP contribution in [0.3, 0.4) is 0 Å². The molecule has 18 heavy (non-hydrogen) atoms. The number of benzene rings is 1. The molecule has 1 aromatic heterocycles. The maximum atomic E-state index is 8.83. The van der Waals surface area contributed by atoms with Gasteiger partial charge in [-0.15, -0.1) is 11.3 Å². The van der Waals surface area contributed by atoms with Crippen LogP contribution < -0.4 is 5.32 Å². The van der Waals surface area contributed by atoms with Gasteiger partial charge in [-0.2, -0.15) is 0 Å². The second-order valence-electron chi connectivity index (χ2n) is 4.14. The van der Waals surface area contributed by atoms with E-state index in [9.17, 15) is 0 Å². The minimum absolute atomic E-state index is 0.251. The second-order valence-corrected chi connectivity index (χ2v) is 6.43. The van der Waals surface area contributed by atoms with Crippen molar-refractivity contribution in [2.24, 2.45) is 0 Å². The number of rotatable bonds is 6. The number of anilines is 1. The van der Waals surface area contributed by atoms with Crippen molar-refractivity contribution in [3.63, 3.8) is 0 Å². The Morgan fingerprint density at radius 1 is 1.22 bits per heavy atom. The van der Waals surface area contributed by atoms with E-state index in [0.29, 0.717) is 0 Å². The van der Waals surface area contributed by atoms with Crippen LogP contribution in [0.2, 0.25) is 0 Å². The normalized spacial score (nSPS) is 10.6. The van der Waals surface area contributed by atoms with E-state index in [2.05, 4.69) is 57.0 Å². The van der Waals surface area contributed by atoms with Crippen molar-refractivity contribution in [2.45, 2.75) is 19.4 Å². The second kappa shape index (κ2) is 6.92. The molecule has 2 N–H and O–H groups in total. The zero-order chi connectivity index (χ0) is 12.8. The van der Waals surface area contributed by atoms with Gasteiger partial charge < -0.3 is 10.4 Å². The van der Waals surface area contributed by atoms with E-state index in [-0.39, 0.29) is 6.61 Å². The number of aryl methyl sites for hydroxylation is 1. The van der Waals surface area contributed by atoms with Gasteiger partial charge in [0.1, 0.15) is 0 Å². The summed E-state index contributed by atoms with van der Waals surface area (Å²) in [5.74, 6) is 0. The van der Waals surface area contributed by atoms with Gasteiger partial charge in [-0.3, -0.25) is 0 Å². The lowest BCUT2D eigenvalue weighted by molar-refractivity contribution is 0.288. The van der Waals surface area contributed by atoms with Gasteiger partial charge >= 0.3 is 0 Å². The summed E-state index contributed by atoms with van der Waals surface area (Å²) in [6, 6.07) is 10.5. The molecule has 0 aliphatic carbocycles. The van der Waals surface area contributed by atoms with E-state index < -0.39 is 0 Å². The van der Waals surface area contributed by atoms with Crippen molar-refractivity contribution in [3.8, 4) is 0 Å². The molecule has 0 fully saturated rings. The van der Waals surface area contributed by atoms with Crippen LogP contribution in [0, 0.1) is 0 Å². The standard InChI is InChI=1S/C14H16BrNOS/c15-14-8-12(10-18-14)9-16-13-5-1-3-11(7-13)4-2-6-17/h1,3,5,7-8,10,16-17H,2,4,6,9H2. The first-order valence-electron chi connectivity index (χ1n) is 5.94. The SMILES string of the molecule is OCCCc1cccc(NCc2csc(Br)c2)c1. The zero-order valence-corrected chi connectivity index (χ0v) is 12.4. The van der Waals surface area contributed by atoms with Crippen molar-refractivity contribution in [3.05, 3.63) is 50.6 Å². The molecule has 0 saturated carbocycles. The lowest BCUT2D eigenvalue weighted by Crippen LogP contribution is -1.99. The highest BCUT2D eigenvalue weighted by atomic mass is 79.9. The van der Waals surface area contributed by atoms with Crippen molar-refractivity contribution < 1.29 is 5.11 Å². The molecule has 2 nitrogen and oxygen atoms in total. The number of thiophene rings is 1. The van der Waals surface area contributed by atoms with E-state index in [1.54, 1.807) is 11.3 Å². The molecule has 2 rings (SSSR count). The molecule has 1 aromatic carbocycles. The minimum atomic E-state index is 0.251. The maximum absolute atomic E-state index is 8.83. The molecule has 96 valence electrons. The number of hydrogen-bond acceptors (Lipinski definition) is 3. The Labute approximate surface area is 120 Å². The van der Waals surface area contributed by atoms with Gasteiger partial charge in [0.25, 0.3) is 0 Å². The van der Waals surface area contributed by atoms with E-state index in [0.717, 1.165) is 28.9 Å². The van der Waals surface area contributed by atoms with Crippen LogP contribution in [-0.4, -0.2) is 11.7 Å². The average Bonchev–Trinajstić information content (AvgIpc) is 2.80. The molecule has 0 amide bonds. The molecule has 0 bridgehead atoms. The molecule has 1 heterocycles. The van der Waals surface area contributed by atoms with Crippen LogP contribution in [0.25, 0.3) is 0 Å². The number of hydrogen-bond donors (Lipinski definition) is 2. The molecule has 0 unspecified atom stereocenters. The summed E-state index contributed by atoms with van der Waals surface area (Å²) in [6.07, 6.45) is 1.75. The highest BCUT2D eigenvalue weighted by Gasteiger charge is 1.99. The fourth-order valence-electron chi connectivity index (χ4n) is 1.76. The Bertz CT molecular complexity index is 498. The van der Waals surface area contributed by atoms with Crippen molar-refractivity contribution in [1.82, 2.24) is 0 Å². The molecule has 0 aliphatic rings. The van der Waals surface area contributed by atoms with Crippen LogP contribution >= 0.6 is 27.3 Å². The number of aliphatic hydroxyl groups excluding tert-OH is 1. The molecule has 4 heteroatoms. The third kappa shape index (κ3) is 4.12. The maximum Gasteiger partial charge on any atom is 0.0701 e. The zero-order valence-electron chi connectivity index (χ0n) is 10.0. The predicted octanol–water partition coefficient (Wildman–Crippen LogP) is 4.05. The quantitative estimate of drug-likeness (QED) is 0.839. The first-order valence-corrected chi connectivity index (χ1v) is 7.62. The summed E-state index contributed by atoms with van der Waals surface area (Å²) in [5, 5.41) is 14.4. The fourth-order valence-corrected chi connectivity index (χ4v) is 2.97. The fraction of sp³-hybridized carbons (Fsp3) is 0.286. The van der Waals surface area contributed by atoms with Gasteiger partial charge in [0.15, 0.2) is 0 Å². The molecular weight excluding hydrogens is 310 g/mol. The van der Waals surface area contributed by atoms with E-state index in [1.807, 2.05) is 0 Å². The third-order valence-electron chi connectivity index (χ3n) is 2.67. The van der Waals surface area contributed by atoms with Crippen LogP contribution in [-0.2, 0) is 13.0 Å². The van der Waals surface area contributed by atoms with Crippen LogP contribution in [0.4, 0.5) is 5.69 Å². The van der Waals surface area contributed by atoms with Crippen molar-refractivity contribution in [2.75, 3.05) is 11.9 Å². The monoisotopic (exact) mass is 325 g/mol. The molecule has 0 spiro atoms. The van der Waals surface area contributed by atoms with Crippen LogP contribution in [0.1, 0.15) is 17.5 Å². The highest BCUT2D eigenvalue weighted by Crippen LogP contribution is 2.21. The molecule has 2 aromatic rings. The van der Waals surface area contributed by atoms with Gasteiger partial charge in [0.05, 0.1) is 3.79 Å². The van der Waals surface area contributed by atoms with Crippen molar-refractivity contribution in [1.29, 1.82) is 0 Å². The summed E-state index contributed by atoms with van der Waals surface area (Å²) in [5.41, 5.74) is 3.68. The number of halogens is 1. The van der Waals surface area contributed by atoms with Crippen LogP contribution in [0.15, 0.2) is 39.5 Å². The Morgan fingerprint density at radius 3 is 2.83 bits per heavy atom. The van der Waals surface area contributed by atoms with Gasteiger partial charge in [-0.05, 0) is 63.5 Å². The average molecular weight is 326 g/mol. The minimum Gasteiger partial charge on any atom is -0.396 e. The lowest BCUT2D eigenvalue weighted by Gasteiger charge is -2.07. The molecule has 0 saturated heterocycles. The van der Waals surface area contributed by atoms with Gasteiger partial charge in [0, 0.05) is 18.8 Å². The smallest absolute Gasteiger partial charge is 0.0701 e. The van der Waals surface area contributed by atoms with Gasteiger partial charge in [-0.1, -0.05) is 12.1 Å². The van der Waals surface area contributed by atoms with Crippen molar-refractivity contribution >= 4 is 33.0 Å². The Kier molecular flexibility index (Phi) is 5.23. The number of aliphatic hydroxyl groups is 1. The summed E-state index contributed by atoms with van der Waals surface area (Å²) < 4.78 is 1.16. The number of nitrogens with one attached hydrogen (secondary N) is 1. The first-order chi connectivity index (χ1) is 8.78. The van der Waals surface area contributed by atoms with E-state index in [1.165, 1.54) is 11.1 Å². The molecule has 0 radical (unpaired) electrons. The first kappa shape index (κ1) is 13.6. The highest BCUT2D eigenvalue weighted by molar-refractivity contribution is 9.11. The van der Waals surface area contributed by atoms with Gasteiger partial charge in [-0.25, -0.2) is 0 Å². The topological polar surface area (TPSA) is 32.3 Å². The molecule has 0 aliphatic heterocycles. The van der Waals surface area contributed by atoms with E-state index in [4.69, 9.17) is 5.11 Å². The Morgan fingerprint density at radius 2 is 2.11 bits per heavy atom. The Hall–Kier alpha value is -0.840. The Balaban J connectivity index is 1.92. The molecule has 0 atom stereocenters.